The number of nitrogens with one attached hydrogen (secondary N) is 2. The molecule has 1 atom stereocenters. The van der Waals surface area contributed by atoms with Crippen molar-refractivity contribution in [1.82, 2.24) is 15.6 Å². The average Bonchev–Trinajstić information content (AvgIpc) is 3.09. The van der Waals surface area contributed by atoms with E-state index in [0.717, 1.165) is 18.7 Å². The molecule has 5 nitrogen and oxygen atoms in total. The van der Waals surface area contributed by atoms with Crippen molar-refractivity contribution in [3.05, 3.63) is 59.9 Å². The van der Waals surface area contributed by atoms with Gasteiger partial charge in [0.2, 0.25) is 0 Å². The van der Waals surface area contributed by atoms with Crippen LogP contribution in [0.15, 0.2) is 47.6 Å². The van der Waals surface area contributed by atoms with E-state index in [4.69, 9.17) is 0 Å². The van der Waals surface area contributed by atoms with E-state index in [1.54, 1.807) is 11.1 Å². The highest BCUT2D eigenvalue weighted by molar-refractivity contribution is 14.0. The maximum atomic E-state index is 14.0. The van der Waals surface area contributed by atoms with Gasteiger partial charge in [-0.05, 0) is 37.6 Å². The number of benzene rings is 1. The van der Waals surface area contributed by atoms with Crippen molar-refractivity contribution in [2.24, 2.45) is 4.99 Å². The minimum Gasteiger partial charge on any atom is -0.365 e. The van der Waals surface area contributed by atoms with Crippen LogP contribution in [0, 0.1) is 11.6 Å². The Labute approximate surface area is 175 Å². The van der Waals surface area contributed by atoms with Crippen molar-refractivity contribution in [2.75, 3.05) is 24.5 Å². The zero-order valence-electron chi connectivity index (χ0n) is 15.2. The predicted molar refractivity (Wildman–Crippen MR) is 115 cm³/mol. The SMILES string of the molecule is CCNC(=NCc1ccccn1)NC1CCN(c2c(F)cccc2F)C1.I. The maximum absolute atomic E-state index is 14.0. The first-order valence-corrected chi connectivity index (χ1v) is 8.81. The summed E-state index contributed by atoms with van der Waals surface area (Å²) in [5.74, 6) is -0.373. The minimum absolute atomic E-state index is 0. The number of aromatic nitrogens is 1. The van der Waals surface area contributed by atoms with E-state index < -0.39 is 11.6 Å². The molecule has 0 aliphatic carbocycles. The highest BCUT2D eigenvalue weighted by Crippen LogP contribution is 2.26. The van der Waals surface area contributed by atoms with Crippen LogP contribution in [0.25, 0.3) is 0 Å². The smallest absolute Gasteiger partial charge is 0.191 e. The molecule has 146 valence electrons. The predicted octanol–water partition coefficient (Wildman–Crippen LogP) is 3.31. The Hall–Kier alpha value is -1.97. The van der Waals surface area contributed by atoms with E-state index in [-0.39, 0.29) is 35.7 Å². The van der Waals surface area contributed by atoms with Gasteiger partial charge in [0.25, 0.3) is 0 Å². The molecule has 3 rings (SSSR count). The Kier molecular flexibility index (Phi) is 8.21. The van der Waals surface area contributed by atoms with Gasteiger partial charge in [0.1, 0.15) is 17.3 Å². The van der Waals surface area contributed by atoms with Crippen LogP contribution in [-0.4, -0.2) is 36.6 Å². The highest BCUT2D eigenvalue weighted by atomic mass is 127. The molecule has 2 heterocycles. The van der Waals surface area contributed by atoms with Gasteiger partial charge in [0, 0.05) is 31.9 Å². The number of nitrogens with zero attached hydrogens (tertiary/aromatic N) is 3. The molecular formula is C19H24F2IN5. The molecule has 2 aromatic rings. The number of rotatable bonds is 5. The van der Waals surface area contributed by atoms with Gasteiger partial charge in [0.05, 0.1) is 12.2 Å². The lowest BCUT2D eigenvalue weighted by atomic mass is 10.2. The summed E-state index contributed by atoms with van der Waals surface area (Å²) in [6.45, 7) is 4.30. The fraction of sp³-hybridized carbons (Fsp3) is 0.368. The molecule has 1 unspecified atom stereocenters. The van der Waals surface area contributed by atoms with Crippen LogP contribution in [0.1, 0.15) is 19.0 Å². The maximum Gasteiger partial charge on any atom is 0.191 e. The molecule has 1 fully saturated rings. The van der Waals surface area contributed by atoms with Crippen molar-refractivity contribution in [3.63, 3.8) is 0 Å². The minimum atomic E-state index is -0.527. The van der Waals surface area contributed by atoms with E-state index in [9.17, 15) is 8.78 Å². The normalized spacial score (nSPS) is 16.8. The lowest BCUT2D eigenvalue weighted by Crippen LogP contribution is -2.44. The van der Waals surface area contributed by atoms with E-state index in [0.29, 0.717) is 25.6 Å². The average molecular weight is 487 g/mol. The van der Waals surface area contributed by atoms with Gasteiger partial charge in [0.15, 0.2) is 5.96 Å². The van der Waals surface area contributed by atoms with Gasteiger partial charge in [-0.2, -0.15) is 0 Å². The molecule has 0 saturated carbocycles. The summed E-state index contributed by atoms with van der Waals surface area (Å²) in [5, 5.41) is 6.55. The molecule has 0 radical (unpaired) electrons. The molecule has 1 aromatic carbocycles. The molecule has 2 N–H and O–H groups in total. The van der Waals surface area contributed by atoms with Crippen LogP contribution >= 0.6 is 24.0 Å². The molecular weight excluding hydrogens is 463 g/mol. The van der Waals surface area contributed by atoms with Gasteiger partial charge < -0.3 is 15.5 Å². The Morgan fingerprint density at radius 1 is 1.22 bits per heavy atom. The van der Waals surface area contributed by atoms with Crippen molar-refractivity contribution < 1.29 is 8.78 Å². The van der Waals surface area contributed by atoms with E-state index >= 15 is 0 Å². The van der Waals surface area contributed by atoms with Gasteiger partial charge in [-0.3, -0.25) is 4.98 Å². The van der Waals surface area contributed by atoms with Crippen LogP contribution in [-0.2, 0) is 6.54 Å². The van der Waals surface area contributed by atoms with Gasteiger partial charge in [-0.1, -0.05) is 12.1 Å². The Bertz CT molecular complexity index is 737. The quantitative estimate of drug-likeness (QED) is 0.386. The van der Waals surface area contributed by atoms with Crippen molar-refractivity contribution in [3.8, 4) is 0 Å². The third kappa shape index (κ3) is 5.75. The monoisotopic (exact) mass is 487 g/mol. The molecule has 0 amide bonds. The first-order chi connectivity index (χ1) is 12.7. The van der Waals surface area contributed by atoms with Crippen molar-refractivity contribution >= 4 is 35.6 Å². The van der Waals surface area contributed by atoms with Crippen LogP contribution in [0.5, 0.6) is 0 Å². The topological polar surface area (TPSA) is 52.6 Å². The van der Waals surface area contributed by atoms with E-state index in [1.807, 2.05) is 25.1 Å². The van der Waals surface area contributed by atoms with E-state index in [1.165, 1.54) is 18.2 Å². The summed E-state index contributed by atoms with van der Waals surface area (Å²) in [7, 11) is 0. The van der Waals surface area contributed by atoms with Crippen molar-refractivity contribution in [1.29, 1.82) is 0 Å². The van der Waals surface area contributed by atoms with Crippen LogP contribution in [0.2, 0.25) is 0 Å². The molecule has 1 aromatic heterocycles. The number of anilines is 1. The summed E-state index contributed by atoms with van der Waals surface area (Å²) in [6, 6.07) is 9.74. The zero-order valence-corrected chi connectivity index (χ0v) is 17.5. The Morgan fingerprint density at radius 3 is 2.67 bits per heavy atom. The summed E-state index contributed by atoms with van der Waals surface area (Å²) in [6.07, 6.45) is 2.52. The molecule has 0 spiro atoms. The second kappa shape index (κ2) is 10.4. The number of guanidine groups is 1. The fourth-order valence-corrected chi connectivity index (χ4v) is 3.04. The summed E-state index contributed by atoms with van der Waals surface area (Å²) < 4.78 is 28.0. The van der Waals surface area contributed by atoms with Gasteiger partial charge >= 0.3 is 0 Å². The number of para-hydroxylation sites is 1. The summed E-state index contributed by atoms with van der Waals surface area (Å²) in [5.41, 5.74) is 0.929. The van der Waals surface area contributed by atoms with Crippen LogP contribution in [0.3, 0.4) is 0 Å². The second-order valence-corrected chi connectivity index (χ2v) is 6.16. The lowest BCUT2D eigenvalue weighted by molar-refractivity contribution is 0.576. The first-order valence-electron chi connectivity index (χ1n) is 8.81. The largest absolute Gasteiger partial charge is 0.365 e. The highest BCUT2D eigenvalue weighted by Gasteiger charge is 2.27. The molecule has 1 aliphatic rings. The molecule has 1 saturated heterocycles. The summed E-state index contributed by atoms with van der Waals surface area (Å²) >= 11 is 0. The molecule has 27 heavy (non-hydrogen) atoms. The number of pyridine rings is 1. The number of halogens is 3. The third-order valence-electron chi connectivity index (χ3n) is 4.25. The Balaban J connectivity index is 0.00000261. The van der Waals surface area contributed by atoms with Gasteiger partial charge in [-0.25, -0.2) is 13.8 Å². The van der Waals surface area contributed by atoms with E-state index in [2.05, 4.69) is 20.6 Å². The van der Waals surface area contributed by atoms with Crippen molar-refractivity contribution in [2.45, 2.75) is 25.9 Å². The van der Waals surface area contributed by atoms with Crippen LogP contribution < -0.4 is 15.5 Å². The number of hydrogen-bond donors (Lipinski definition) is 2. The third-order valence-corrected chi connectivity index (χ3v) is 4.25. The second-order valence-electron chi connectivity index (χ2n) is 6.16. The number of aliphatic imine (C=N–C) groups is 1. The molecule has 1 aliphatic heterocycles. The first kappa shape index (κ1) is 21.3. The fourth-order valence-electron chi connectivity index (χ4n) is 3.04. The molecule has 0 bridgehead atoms. The van der Waals surface area contributed by atoms with Gasteiger partial charge in [-0.15, -0.1) is 24.0 Å². The lowest BCUT2D eigenvalue weighted by Gasteiger charge is -2.21. The number of hydrogen-bond acceptors (Lipinski definition) is 3. The molecule has 8 heteroatoms. The summed E-state index contributed by atoms with van der Waals surface area (Å²) in [4.78, 5) is 10.5. The Morgan fingerprint density at radius 2 is 2.00 bits per heavy atom. The zero-order chi connectivity index (χ0) is 18.4. The van der Waals surface area contributed by atoms with Crippen LogP contribution in [0.4, 0.5) is 14.5 Å². The standard InChI is InChI=1S/C19H23F2N5.HI/c1-2-22-19(24-12-14-6-3-4-10-23-14)25-15-9-11-26(13-15)18-16(20)7-5-8-17(18)21;/h3-8,10,15H,2,9,11-13H2,1H3,(H2,22,24,25);1H.